The lowest BCUT2D eigenvalue weighted by Gasteiger charge is -2.31. The van der Waals surface area contributed by atoms with Gasteiger partial charge in [0.25, 0.3) is 5.69 Å². The minimum absolute atomic E-state index is 0.167. The second-order valence-electron chi connectivity index (χ2n) is 5.48. The Labute approximate surface area is 119 Å². The number of hydrogen-bond donors (Lipinski definition) is 1. The third-order valence-electron chi connectivity index (χ3n) is 4.30. The summed E-state index contributed by atoms with van der Waals surface area (Å²) in [6, 6.07) is 7.45. The third kappa shape index (κ3) is 3.35. The van der Waals surface area contributed by atoms with Crippen LogP contribution in [0.2, 0.25) is 0 Å². The third-order valence-corrected chi connectivity index (χ3v) is 4.30. The van der Waals surface area contributed by atoms with E-state index in [1.54, 1.807) is 12.1 Å². The molecule has 0 heterocycles. The van der Waals surface area contributed by atoms with E-state index in [1.165, 1.54) is 25.3 Å². The molecule has 110 valence electrons. The second kappa shape index (κ2) is 6.81. The minimum atomic E-state index is -0.335. The van der Waals surface area contributed by atoms with Gasteiger partial charge in [-0.25, -0.2) is 0 Å². The van der Waals surface area contributed by atoms with E-state index in [2.05, 4.69) is 11.8 Å². The van der Waals surface area contributed by atoms with Crippen molar-refractivity contribution in [3.8, 4) is 0 Å². The van der Waals surface area contributed by atoms with Gasteiger partial charge in [-0.05, 0) is 37.4 Å². The quantitative estimate of drug-likeness (QED) is 0.640. The SMILES string of the molecule is CCN(Cc1cccc([N+](=O)[O-])c1)C1CCCC1CN. The van der Waals surface area contributed by atoms with Crippen molar-refractivity contribution in [3.63, 3.8) is 0 Å². The lowest BCUT2D eigenvalue weighted by molar-refractivity contribution is -0.384. The molecule has 1 saturated carbocycles. The van der Waals surface area contributed by atoms with Gasteiger partial charge in [0.2, 0.25) is 0 Å². The molecule has 1 aromatic rings. The van der Waals surface area contributed by atoms with Crippen molar-refractivity contribution in [3.05, 3.63) is 39.9 Å². The maximum Gasteiger partial charge on any atom is 0.269 e. The van der Waals surface area contributed by atoms with E-state index >= 15 is 0 Å². The number of nitro benzene ring substituents is 1. The van der Waals surface area contributed by atoms with Crippen molar-refractivity contribution in [1.82, 2.24) is 4.90 Å². The fourth-order valence-corrected chi connectivity index (χ4v) is 3.24. The van der Waals surface area contributed by atoms with Crippen LogP contribution in [-0.2, 0) is 6.54 Å². The van der Waals surface area contributed by atoms with E-state index in [9.17, 15) is 10.1 Å². The topological polar surface area (TPSA) is 72.4 Å². The zero-order valence-electron chi connectivity index (χ0n) is 12.0. The zero-order valence-corrected chi connectivity index (χ0v) is 12.0. The van der Waals surface area contributed by atoms with Gasteiger partial charge in [-0.15, -0.1) is 0 Å². The molecule has 0 saturated heterocycles. The smallest absolute Gasteiger partial charge is 0.269 e. The molecule has 0 radical (unpaired) electrons. The van der Waals surface area contributed by atoms with Gasteiger partial charge in [0.15, 0.2) is 0 Å². The predicted octanol–water partition coefficient (Wildman–Crippen LogP) is 2.54. The molecule has 20 heavy (non-hydrogen) atoms. The normalized spacial score (nSPS) is 22.4. The first-order valence-electron chi connectivity index (χ1n) is 7.33. The largest absolute Gasteiger partial charge is 0.330 e. The highest BCUT2D eigenvalue weighted by Crippen LogP contribution is 2.30. The van der Waals surface area contributed by atoms with Crippen molar-refractivity contribution < 1.29 is 4.92 Å². The van der Waals surface area contributed by atoms with E-state index in [0.717, 1.165) is 25.2 Å². The first kappa shape index (κ1) is 14.9. The van der Waals surface area contributed by atoms with Crippen LogP contribution in [0.1, 0.15) is 31.7 Å². The van der Waals surface area contributed by atoms with Crippen LogP contribution < -0.4 is 5.73 Å². The van der Waals surface area contributed by atoms with Gasteiger partial charge in [0.05, 0.1) is 4.92 Å². The Kier molecular flexibility index (Phi) is 5.09. The summed E-state index contributed by atoms with van der Waals surface area (Å²) in [4.78, 5) is 12.9. The highest BCUT2D eigenvalue weighted by atomic mass is 16.6. The van der Waals surface area contributed by atoms with Crippen LogP contribution in [0, 0.1) is 16.0 Å². The van der Waals surface area contributed by atoms with Gasteiger partial charge >= 0.3 is 0 Å². The molecule has 2 N–H and O–H groups in total. The van der Waals surface area contributed by atoms with Gasteiger partial charge in [-0.2, -0.15) is 0 Å². The molecule has 2 unspecified atom stereocenters. The molecule has 0 aliphatic heterocycles. The lowest BCUT2D eigenvalue weighted by Crippen LogP contribution is -2.39. The van der Waals surface area contributed by atoms with Crippen molar-refractivity contribution in [1.29, 1.82) is 0 Å². The minimum Gasteiger partial charge on any atom is -0.330 e. The zero-order chi connectivity index (χ0) is 14.5. The Morgan fingerprint density at radius 2 is 2.25 bits per heavy atom. The van der Waals surface area contributed by atoms with Gasteiger partial charge in [0.1, 0.15) is 0 Å². The first-order chi connectivity index (χ1) is 9.65. The molecule has 0 spiro atoms. The molecule has 0 aromatic heterocycles. The Hall–Kier alpha value is -1.46. The van der Waals surface area contributed by atoms with Crippen LogP contribution in [-0.4, -0.2) is 29.0 Å². The molecular weight excluding hydrogens is 254 g/mol. The standard InChI is InChI=1S/C15H23N3O2/c1-2-17(15-8-4-6-13(15)10-16)11-12-5-3-7-14(9-12)18(19)20/h3,5,7,9,13,15H,2,4,6,8,10-11,16H2,1H3. The molecule has 0 amide bonds. The summed E-state index contributed by atoms with van der Waals surface area (Å²) in [6.07, 6.45) is 3.62. The number of rotatable bonds is 6. The number of nitro groups is 1. The second-order valence-corrected chi connectivity index (χ2v) is 5.48. The molecular formula is C15H23N3O2. The molecule has 5 heteroatoms. The maximum absolute atomic E-state index is 10.8. The van der Waals surface area contributed by atoms with E-state index in [0.29, 0.717) is 12.0 Å². The molecule has 1 aliphatic carbocycles. The number of non-ortho nitro benzene ring substituents is 1. The summed E-state index contributed by atoms with van der Waals surface area (Å²) in [5.41, 5.74) is 7.03. The van der Waals surface area contributed by atoms with Crippen LogP contribution in [0.5, 0.6) is 0 Å². The fraction of sp³-hybridized carbons (Fsp3) is 0.600. The number of benzene rings is 1. The molecule has 1 aromatic carbocycles. The van der Waals surface area contributed by atoms with Crippen molar-refractivity contribution in [2.45, 2.75) is 38.8 Å². The van der Waals surface area contributed by atoms with Gasteiger partial charge in [0, 0.05) is 24.7 Å². The summed E-state index contributed by atoms with van der Waals surface area (Å²) in [6.45, 7) is 4.59. The summed E-state index contributed by atoms with van der Waals surface area (Å²) in [5.74, 6) is 0.564. The van der Waals surface area contributed by atoms with Gasteiger partial charge in [-0.1, -0.05) is 25.5 Å². The average molecular weight is 277 g/mol. The Bertz CT molecular complexity index is 464. The lowest BCUT2D eigenvalue weighted by atomic mass is 10.0. The predicted molar refractivity (Wildman–Crippen MR) is 79.4 cm³/mol. The molecule has 1 fully saturated rings. The summed E-state index contributed by atoms with van der Waals surface area (Å²) < 4.78 is 0. The number of hydrogen-bond acceptors (Lipinski definition) is 4. The Morgan fingerprint density at radius 1 is 1.45 bits per heavy atom. The van der Waals surface area contributed by atoms with Crippen molar-refractivity contribution >= 4 is 5.69 Å². The highest BCUT2D eigenvalue weighted by Gasteiger charge is 2.30. The van der Waals surface area contributed by atoms with E-state index in [4.69, 9.17) is 5.73 Å². The first-order valence-corrected chi connectivity index (χ1v) is 7.33. The van der Waals surface area contributed by atoms with E-state index < -0.39 is 0 Å². The van der Waals surface area contributed by atoms with Crippen LogP contribution in [0.4, 0.5) is 5.69 Å². The summed E-state index contributed by atoms with van der Waals surface area (Å²) in [7, 11) is 0. The maximum atomic E-state index is 10.8. The Balaban J connectivity index is 2.10. The average Bonchev–Trinajstić information content (AvgIpc) is 2.93. The van der Waals surface area contributed by atoms with Gasteiger partial charge in [-0.3, -0.25) is 15.0 Å². The van der Waals surface area contributed by atoms with Crippen molar-refractivity contribution in [2.75, 3.05) is 13.1 Å². The molecule has 0 bridgehead atoms. The van der Waals surface area contributed by atoms with Gasteiger partial charge < -0.3 is 5.73 Å². The monoisotopic (exact) mass is 277 g/mol. The molecule has 2 rings (SSSR count). The Morgan fingerprint density at radius 3 is 2.90 bits per heavy atom. The summed E-state index contributed by atoms with van der Waals surface area (Å²) >= 11 is 0. The molecule has 1 aliphatic rings. The van der Waals surface area contributed by atoms with Crippen LogP contribution in [0.15, 0.2) is 24.3 Å². The number of nitrogens with two attached hydrogens (primary N) is 1. The summed E-state index contributed by atoms with van der Waals surface area (Å²) in [5, 5.41) is 10.8. The fourth-order valence-electron chi connectivity index (χ4n) is 3.24. The highest BCUT2D eigenvalue weighted by molar-refractivity contribution is 5.34. The molecule has 5 nitrogen and oxygen atoms in total. The van der Waals surface area contributed by atoms with E-state index in [-0.39, 0.29) is 10.6 Å². The molecule has 2 atom stereocenters. The van der Waals surface area contributed by atoms with Crippen LogP contribution in [0.25, 0.3) is 0 Å². The number of nitrogens with zero attached hydrogens (tertiary/aromatic N) is 2. The van der Waals surface area contributed by atoms with Crippen LogP contribution >= 0.6 is 0 Å². The van der Waals surface area contributed by atoms with Crippen molar-refractivity contribution in [2.24, 2.45) is 11.7 Å². The van der Waals surface area contributed by atoms with Crippen LogP contribution in [0.3, 0.4) is 0 Å². The van der Waals surface area contributed by atoms with E-state index in [1.807, 2.05) is 6.07 Å².